The van der Waals surface area contributed by atoms with Crippen LogP contribution >= 0.6 is 0 Å². The third-order valence-corrected chi connectivity index (χ3v) is 7.13. The van der Waals surface area contributed by atoms with Crippen LogP contribution in [0.4, 0.5) is 0 Å². The molecule has 5 unspecified atom stereocenters. The van der Waals surface area contributed by atoms with E-state index in [0.29, 0.717) is 31.3 Å². The Morgan fingerprint density at radius 3 is 2.74 bits per heavy atom. The van der Waals surface area contributed by atoms with Crippen molar-refractivity contribution in [3.8, 4) is 0 Å². The van der Waals surface area contributed by atoms with Crippen LogP contribution in [-0.2, 0) is 23.9 Å². The number of rotatable bonds is 2. The zero-order valence-corrected chi connectivity index (χ0v) is 15.8. The summed E-state index contributed by atoms with van der Waals surface area (Å²) in [5, 5.41) is 0. The first kappa shape index (κ1) is 18.0. The number of esters is 2. The second-order valence-electron chi connectivity index (χ2n) is 8.47. The van der Waals surface area contributed by atoms with Crippen LogP contribution in [0.5, 0.6) is 0 Å². The number of ketones is 1. The van der Waals surface area contributed by atoms with E-state index in [1.54, 1.807) is 18.6 Å². The van der Waals surface area contributed by atoms with Crippen molar-refractivity contribution in [3.63, 3.8) is 0 Å². The number of carbonyl (C=O) groups excluding carboxylic acids is 3. The molecule has 1 saturated carbocycles. The Kier molecular flexibility index (Phi) is 4.05. The Labute approximate surface area is 157 Å². The van der Waals surface area contributed by atoms with E-state index in [2.05, 4.69) is 6.92 Å². The Balaban J connectivity index is 1.77. The zero-order chi connectivity index (χ0) is 19.4. The van der Waals surface area contributed by atoms with Crippen molar-refractivity contribution in [2.24, 2.45) is 22.7 Å². The maximum atomic E-state index is 12.8. The number of ether oxygens (including phenoxy) is 2. The van der Waals surface area contributed by atoms with Gasteiger partial charge in [-0.3, -0.25) is 9.59 Å². The lowest BCUT2D eigenvalue weighted by Crippen LogP contribution is -2.57. The number of fused-ring (bicyclic) bond motifs is 3. The van der Waals surface area contributed by atoms with E-state index in [-0.39, 0.29) is 23.6 Å². The minimum Gasteiger partial charge on any atom is -0.472 e. The summed E-state index contributed by atoms with van der Waals surface area (Å²) in [5.41, 5.74) is 0.309. The standard InChI is InChI=1S/C21H24O6/c1-20-6-4-14-19(24)27-16(12-5-7-26-11-12)10-21(14,2)17(20)9-13(22)8-15(20)18(23)25-3/h5,7-8,11,14,16-17H,4,6,9-10H2,1-3H3. The molecule has 0 spiro atoms. The van der Waals surface area contributed by atoms with Crippen LogP contribution in [0.2, 0.25) is 0 Å². The number of hydrogen-bond acceptors (Lipinski definition) is 6. The number of methoxy groups -OCH3 is 1. The summed E-state index contributed by atoms with van der Waals surface area (Å²) in [6.07, 6.45) is 6.41. The van der Waals surface area contributed by atoms with Crippen molar-refractivity contribution in [3.05, 3.63) is 35.8 Å². The second kappa shape index (κ2) is 6.08. The van der Waals surface area contributed by atoms with Crippen LogP contribution in [0.15, 0.2) is 34.7 Å². The Morgan fingerprint density at radius 2 is 2.07 bits per heavy atom. The smallest absolute Gasteiger partial charge is 0.334 e. The minimum absolute atomic E-state index is 0.0847. The van der Waals surface area contributed by atoms with Crippen molar-refractivity contribution in [2.75, 3.05) is 7.11 Å². The highest BCUT2D eigenvalue weighted by molar-refractivity contribution is 6.02. The molecule has 6 heteroatoms. The summed E-state index contributed by atoms with van der Waals surface area (Å²) in [7, 11) is 1.33. The van der Waals surface area contributed by atoms with Crippen LogP contribution in [0.1, 0.15) is 51.2 Å². The van der Waals surface area contributed by atoms with Crippen LogP contribution in [-0.4, -0.2) is 24.8 Å². The van der Waals surface area contributed by atoms with E-state index < -0.39 is 22.9 Å². The van der Waals surface area contributed by atoms with Gasteiger partial charge in [-0.2, -0.15) is 0 Å². The Morgan fingerprint density at radius 1 is 1.30 bits per heavy atom. The number of furan rings is 1. The van der Waals surface area contributed by atoms with Crippen molar-refractivity contribution in [1.82, 2.24) is 0 Å². The van der Waals surface area contributed by atoms with Gasteiger partial charge in [0.1, 0.15) is 6.10 Å². The predicted octanol–water partition coefficient (Wildman–Crippen LogP) is 3.38. The normalized spacial score (nSPS) is 38.3. The van der Waals surface area contributed by atoms with Crippen LogP contribution in [0.3, 0.4) is 0 Å². The molecule has 2 aliphatic carbocycles. The third kappa shape index (κ3) is 2.57. The molecule has 0 bridgehead atoms. The van der Waals surface area contributed by atoms with Gasteiger partial charge in [0.05, 0.1) is 25.6 Å². The van der Waals surface area contributed by atoms with E-state index in [1.165, 1.54) is 13.2 Å². The maximum absolute atomic E-state index is 12.8. The van der Waals surface area contributed by atoms with Gasteiger partial charge in [-0.1, -0.05) is 13.8 Å². The van der Waals surface area contributed by atoms with Gasteiger partial charge < -0.3 is 13.9 Å². The van der Waals surface area contributed by atoms with E-state index in [1.807, 2.05) is 6.92 Å². The molecule has 1 saturated heterocycles. The molecule has 0 amide bonds. The fourth-order valence-electron chi connectivity index (χ4n) is 5.67. The van der Waals surface area contributed by atoms with E-state index in [9.17, 15) is 14.4 Å². The Hall–Kier alpha value is -2.37. The van der Waals surface area contributed by atoms with Crippen LogP contribution in [0.25, 0.3) is 0 Å². The van der Waals surface area contributed by atoms with Gasteiger partial charge >= 0.3 is 11.9 Å². The van der Waals surface area contributed by atoms with Gasteiger partial charge in [0, 0.05) is 23.0 Å². The first-order valence-electron chi connectivity index (χ1n) is 9.35. The van der Waals surface area contributed by atoms with Gasteiger partial charge in [0.25, 0.3) is 0 Å². The van der Waals surface area contributed by atoms with Gasteiger partial charge in [-0.25, -0.2) is 4.79 Å². The lowest BCUT2D eigenvalue weighted by Gasteiger charge is -2.59. The summed E-state index contributed by atoms with van der Waals surface area (Å²) in [6, 6.07) is 1.80. The molecule has 0 aromatic carbocycles. The summed E-state index contributed by atoms with van der Waals surface area (Å²) in [6.45, 7) is 4.10. The minimum atomic E-state index is -0.495. The molecule has 3 aliphatic rings. The highest BCUT2D eigenvalue weighted by Crippen LogP contribution is 2.64. The quantitative estimate of drug-likeness (QED) is 0.740. The molecule has 1 aromatic heterocycles. The lowest BCUT2D eigenvalue weighted by molar-refractivity contribution is -0.191. The summed E-state index contributed by atoms with van der Waals surface area (Å²) >= 11 is 0. The lowest BCUT2D eigenvalue weighted by atomic mass is 9.45. The molecule has 27 heavy (non-hydrogen) atoms. The molecule has 5 atom stereocenters. The van der Waals surface area contributed by atoms with E-state index in [4.69, 9.17) is 13.9 Å². The molecular formula is C21H24O6. The molecule has 0 radical (unpaired) electrons. The molecular weight excluding hydrogens is 348 g/mol. The monoisotopic (exact) mass is 372 g/mol. The zero-order valence-electron chi connectivity index (χ0n) is 15.8. The SMILES string of the molecule is COC(=O)C1=CC(=O)CC2C1(C)CCC1C(=O)OC(c3ccoc3)CC12C. The van der Waals surface area contributed by atoms with Gasteiger partial charge in [0.15, 0.2) is 5.78 Å². The number of cyclic esters (lactones) is 1. The third-order valence-electron chi connectivity index (χ3n) is 7.13. The van der Waals surface area contributed by atoms with Gasteiger partial charge in [-0.15, -0.1) is 0 Å². The first-order valence-corrected chi connectivity index (χ1v) is 9.35. The molecule has 2 fully saturated rings. The highest BCUT2D eigenvalue weighted by atomic mass is 16.5. The second-order valence-corrected chi connectivity index (χ2v) is 8.47. The molecule has 2 heterocycles. The molecule has 0 N–H and O–H groups in total. The fraction of sp³-hybridized carbons (Fsp3) is 0.571. The van der Waals surface area contributed by atoms with E-state index >= 15 is 0 Å². The average molecular weight is 372 g/mol. The largest absolute Gasteiger partial charge is 0.472 e. The molecule has 6 nitrogen and oxygen atoms in total. The fourth-order valence-corrected chi connectivity index (χ4v) is 5.67. The average Bonchev–Trinajstić information content (AvgIpc) is 3.16. The number of allylic oxidation sites excluding steroid dienone is 1. The summed E-state index contributed by atoms with van der Waals surface area (Å²) < 4.78 is 15.8. The highest BCUT2D eigenvalue weighted by Gasteiger charge is 2.62. The molecule has 144 valence electrons. The van der Waals surface area contributed by atoms with Crippen molar-refractivity contribution in [1.29, 1.82) is 0 Å². The van der Waals surface area contributed by atoms with E-state index in [0.717, 1.165) is 5.56 Å². The van der Waals surface area contributed by atoms with Gasteiger partial charge in [0.2, 0.25) is 0 Å². The van der Waals surface area contributed by atoms with Crippen molar-refractivity contribution in [2.45, 2.75) is 45.6 Å². The maximum Gasteiger partial charge on any atom is 0.334 e. The van der Waals surface area contributed by atoms with Crippen LogP contribution in [0, 0.1) is 22.7 Å². The van der Waals surface area contributed by atoms with Crippen LogP contribution < -0.4 is 0 Å². The number of carbonyl (C=O) groups is 3. The topological polar surface area (TPSA) is 82.8 Å². The van der Waals surface area contributed by atoms with Crippen molar-refractivity contribution >= 4 is 17.7 Å². The molecule has 1 aromatic rings. The number of hydrogen-bond donors (Lipinski definition) is 0. The molecule has 4 rings (SSSR count). The molecule has 1 aliphatic heterocycles. The summed E-state index contributed by atoms with van der Waals surface area (Å²) in [5.74, 6) is -1.17. The first-order chi connectivity index (χ1) is 12.8. The van der Waals surface area contributed by atoms with Gasteiger partial charge in [-0.05, 0) is 42.7 Å². The Bertz CT molecular complexity index is 822. The van der Waals surface area contributed by atoms with Crippen molar-refractivity contribution < 1.29 is 28.3 Å². The predicted molar refractivity (Wildman–Crippen MR) is 94.3 cm³/mol. The summed E-state index contributed by atoms with van der Waals surface area (Å²) in [4.78, 5) is 37.7.